The highest BCUT2D eigenvalue weighted by atomic mass is 16.2. The van der Waals surface area contributed by atoms with Crippen LogP contribution >= 0.6 is 0 Å². The average Bonchev–Trinajstić information content (AvgIpc) is 3.37. The number of rotatable bonds is 4. The summed E-state index contributed by atoms with van der Waals surface area (Å²) < 4.78 is 3.97. The summed E-state index contributed by atoms with van der Waals surface area (Å²) in [6.45, 7) is 3.60. The fourth-order valence-corrected chi connectivity index (χ4v) is 3.64. The third-order valence-electron chi connectivity index (χ3n) is 4.97. The minimum atomic E-state index is 0.00236. The van der Waals surface area contributed by atoms with Crippen LogP contribution in [0.25, 0.3) is 5.69 Å². The zero-order chi connectivity index (χ0) is 17.9. The zero-order valence-electron chi connectivity index (χ0n) is 15.0. The van der Waals surface area contributed by atoms with Crippen LogP contribution in [0, 0.1) is 0 Å². The van der Waals surface area contributed by atoms with Gasteiger partial charge in [0.2, 0.25) is 0 Å². The van der Waals surface area contributed by atoms with Crippen molar-refractivity contribution in [3.63, 3.8) is 0 Å². The number of carbonyl (C=O) groups excluding carboxylic acids is 1. The van der Waals surface area contributed by atoms with E-state index in [1.54, 1.807) is 10.7 Å². The lowest BCUT2D eigenvalue weighted by Gasteiger charge is -2.33. The van der Waals surface area contributed by atoms with Crippen molar-refractivity contribution < 1.29 is 4.79 Å². The maximum atomic E-state index is 12.9. The molecular formula is C20H23N5O. The molecule has 0 radical (unpaired) electrons. The highest BCUT2D eigenvalue weighted by Crippen LogP contribution is 2.24. The fraction of sp³-hybridized carbons (Fsp3) is 0.350. The minimum Gasteiger partial charge on any atom is -0.335 e. The summed E-state index contributed by atoms with van der Waals surface area (Å²) in [7, 11) is 0. The van der Waals surface area contributed by atoms with Gasteiger partial charge >= 0.3 is 0 Å². The number of imidazole rings is 1. The summed E-state index contributed by atoms with van der Waals surface area (Å²) in [5.41, 5.74) is 1.45. The summed E-state index contributed by atoms with van der Waals surface area (Å²) >= 11 is 0. The summed E-state index contributed by atoms with van der Waals surface area (Å²) in [5.74, 6) is 1.08. The van der Waals surface area contributed by atoms with Gasteiger partial charge < -0.3 is 9.47 Å². The Bertz CT molecular complexity index is 883. The Hall–Kier alpha value is -2.89. The van der Waals surface area contributed by atoms with Gasteiger partial charge in [-0.15, -0.1) is 0 Å². The molecule has 0 saturated carbocycles. The molecular weight excluding hydrogens is 326 g/mol. The Kier molecular flexibility index (Phi) is 4.56. The molecule has 6 nitrogen and oxygen atoms in total. The number of hydrogen-bond acceptors (Lipinski definition) is 3. The summed E-state index contributed by atoms with van der Waals surface area (Å²) in [4.78, 5) is 19.3. The normalized spacial score (nSPS) is 17.4. The van der Waals surface area contributed by atoms with Crippen LogP contribution in [0.5, 0.6) is 0 Å². The predicted octanol–water partition coefficient (Wildman–Crippen LogP) is 3.11. The second kappa shape index (κ2) is 7.15. The molecule has 1 fully saturated rings. The first-order chi connectivity index (χ1) is 12.8. The Morgan fingerprint density at radius 1 is 1.19 bits per heavy atom. The molecule has 0 N–H and O–H groups in total. The van der Waals surface area contributed by atoms with Crippen LogP contribution in [-0.4, -0.2) is 43.2 Å². The molecule has 1 amide bonds. The van der Waals surface area contributed by atoms with Crippen molar-refractivity contribution in [3.8, 4) is 5.69 Å². The van der Waals surface area contributed by atoms with E-state index >= 15 is 0 Å². The van der Waals surface area contributed by atoms with E-state index in [1.165, 1.54) is 0 Å². The molecule has 2 aromatic heterocycles. The van der Waals surface area contributed by atoms with E-state index in [1.807, 2.05) is 53.8 Å². The summed E-state index contributed by atoms with van der Waals surface area (Å²) in [6.07, 6.45) is 8.69. The van der Waals surface area contributed by atoms with Gasteiger partial charge in [0.25, 0.3) is 5.91 Å². The van der Waals surface area contributed by atoms with Crippen molar-refractivity contribution in [3.05, 3.63) is 66.5 Å². The molecule has 3 heterocycles. The number of amides is 1. The highest BCUT2D eigenvalue weighted by Gasteiger charge is 2.27. The van der Waals surface area contributed by atoms with E-state index in [-0.39, 0.29) is 5.91 Å². The second-order valence-corrected chi connectivity index (χ2v) is 6.63. The zero-order valence-corrected chi connectivity index (χ0v) is 15.0. The van der Waals surface area contributed by atoms with Crippen molar-refractivity contribution >= 4 is 5.91 Å². The Balaban J connectivity index is 1.50. The molecule has 1 atom stereocenters. The molecule has 0 unspecified atom stereocenters. The molecule has 26 heavy (non-hydrogen) atoms. The van der Waals surface area contributed by atoms with E-state index in [4.69, 9.17) is 0 Å². The smallest absolute Gasteiger partial charge is 0.274 e. The number of carbonyl (C=O) groups is 1. The van der Waals surface area contributed by atoms with Gasteiger partial charge in [0.15, 0.2) is 5.69 Å². The number of likely N-dealkylation sites (tertiary alicyclic amines) is 1. The standard InChI is InChI=1S/C20H23N5O/c1-2-19-21-11-14-24(19)17-9-6-12-23(15-17)20(26)18-10-13-25(22-18)16-7-4-3-5-8-16/h3-5,7-8,10-11,13-14,17H,2,6,9,12,15H2,1H3/t17-/m1/s1. The van der Waals surface area contributed by atoms with Crippen molar-refractivity contribution in [1.29, 1.82) is 0 Å². The van der Waals surface area contributed by atoms with Gasteiger partial charge in [0.1, 0.15) is 5.82 Å². The largest absolute Gasteiger partial charge is 0.335 e. The quantitative estimate of drug-likeness (QED) is 0.727. The first-order valence-electron chi connectivity index (χ1n) is 9.18. The van der Waals surface area contributed by atoms with E-state index in [0.717, 1.165) is 37.3 Å². The SMILES string of the molecule is CCc1nccn1[C@@H]1CCCN(C(=O)c2ccn(-c3ccccc3)n2)C1. The molecule has 1 aliphatic heterocycles. The van der Waals surface area contributed by atoms with Crippen molar-refractivity contribution in [2.24, 2.45) is 0 Å². The van der Waals surface area contributed by atoms with E-state index in [9.17, 15) is 4.79 Å². The number of benzene rings is 1. The van der Waals surface area contributed by atoms with Gasteiger partial charge in [-0.25, -0.2) is 9.67 Å². The second-order valence-electron chi connectivity index (χ2n) is 6.63. The molecule has 134 valence electrons. The van der Waals surface area contributed by atoms with Gasteiger partial charge in [-0.05, 0) is 31.0 Å². The molecule has 4 rings (SSSR count). The highest BCUT2D eigenvalue weighted by molar-refractivity contribution is 5.92. The molecule has 0 aliphatic carbocycles. The van der Waals surface area contributed by atoms with Crippen molar-refractivity contribution in [2.75, 3.05) is 13.1 Å². The average molecular weight is 349 g/mol. The molecule has 0 bridgehead atoms. The van der Waals surface area contributed by atoms with Crippen LogP contribution in [0.4, 0.5) is 0 Å². The van der Waals surface area contributed by atoms with Crippen molar-refractivity contribution in [1.82, 2.24) is 24.2 Å². The summed E-state index contributed by atoms with van der Waals surface area (Å²) in [6, 6.07) is 11.9. The Labute approximate surface area is 153 Å². The number of nitrogens with zero attached hydrogens (tertiary/aromatic N) is 5. The maximum absolute atomic E-state index is 12.9. The maximum Gasteiger partial charge on any atom is 0.274 e. The first kappa shape index (κ1) is 16.6. The lowest BCUT2D eigenvalue weighted by Crippen LogP contribution is -2.41. The number of para-hydroxylation sites is 1. The van der Waals surface area contributed by atoms with E-state index in [0.29, 0.717) is 18.3 Å². The van der Waals surface area contributed by atoms with E-state index in [2.05, 4.69) is 21.6 Å². The van der Waals surface area contributed by atoms with Crippen molar-refractivity contribution in [2.45, 2.75) is 32.2 Å². The number of piperidine rings is 1. The Morgan fingerprint density at radius 2 is 2.04 bits per heavy atom. The van der Waals surface area contributed by atoms with Gasteiger partial charge in [-0.1, -0.05) is 25.1 Å². The van der Waals surface area contributed by atoms with Crippen LogP contribution < -0.4 is 0 Å². The third kappa shape index (κ3) is 3.14. The molecule has 0 spiro atoms. The number of aryl methyl sites for hydroxylation is 1. The van der Waals surface area contributed by atoms with Gasteiger partial charge in [0.05, 0.1) is 11.7 Å². The fourth-order valence-electron chi connectivity index (χ4n) is 3.64. The number of hydrogen-bond donors (Lipinski definition) is 0. The number of aromatic nitrogens is 4. The topological polar surface area (TPSA) is 56.0 Å². The van der Waals surface area contributed by atoms with Crippen LogP contribution in [-0.2, 0) is 6.42 Å². The molecule has 1 aliphatic rings. The molecule has 3 aromatic rings. The van der Waals surface area contributed by atoms with Gasteiger partial charge in [-0.2, -0.15) is 5.10 Å². The van der Waals surface area contributed by atoms with Crippen LogP contribution in [0.2, 0.25) is 0 Å². The van der Waals surface area contributed by atoms with E-state index < -0.39 is 0 Å². The van der Waals surface area contributed by atoms with Gasteiger partial charge in [-0.3, -0.25) is 4.79 Å². The molecule has 1 saturated heterocycles. The monoisotopic (exact) mass is 349 g/mol. The summed E-state index contributed by atoms with van der Waals surface area (Å²) in [5, 5.41) is 4.48. The molecule has 6 heteroatoms. The van der Waals surface area contributed by atoms with Crippen LogP contribution in [0.15, 0.2) is 55.0 Å². The van der Waals surface area contributed by atoms with Gasteiger partial charge in [0, 0.05) is 38.1 Å². The lowest BCUT2D eigenvalue weighted by molar-refractivity contribution is 0.0671. The first-order valence-corrected chi connectivity index (χ1v) is 9.18. The Morgan fingerprint density at radius 3 is 2.85 bits per heavy atom. The molecule has 1 aromatic carbocycles. The third-order valence-corrected chi connectivity index (χ3v) is 4.97. The predicted molar refractivity (Wildman–Crippen MR) is 99.3 cm³/mol. The van der Waals surface area contributed by atoms with Crippen LogP contribution in [0.3, 0.4) is 0 Å². The van der Waals surface area contributed by atoms with Crippen LogP contribution in [0.1, 0.15) is 42.1 Å². The minimum absolute atomic E-state index is 0.00236. The lowest BCUT2D eigenvalue weighted by atomic mass is 10.0.